The molecule has 2 aliphatic carbocycles. The number of amides is 4. The van der Waals surface area contributed by atoms with Crippen LogP contribution in [0.5, 0.6) is 11.5 Å². The first-order valence-electron chi connectivity index (χ1n) is 18.1. The molecule has 53 heavy (non-hydrogen) atoms. The Hall–Kier alpha value is -3.95. The lowest BCUT2D eigenvalue weighted by molar-refractivity contribution is -0.131. The molecule has 0 spiro atoms. The van der Waals surface area contributed by atoms with E-state index in [0.717, 1.165) is 31.4 Å². The molecule has 2 saturated carbocycles. The van der Waals surface area contributed by atoms with E-state index in [1.54, 1.807) is 25.1 Å². The third-order valence-corrected chi connectivity index (χ3v) is 14.2. The van der Waals surface area contributed by atoms with E-state index in [1.807, 2.05) is 17.5 Å². The number of carbonyl (C=O) groups is 3. The van der Waals surface area contributed by atoms with Crippen LogP contribution in [0.1, 0.15) is 83.7 Å². The van der Waals surface area contributed by atoms with Crippen molar-refractivity contribution in [3.8, 4) is 22.2 Å². The molecule has 4 amide bonds. The number of urea groups is 1. The third kappa shape index (κ3) is 7.31. The number of thiazole rings is 1. The highest BCUT2D eigenvalue weighted by atomic mass is 35.5. The second-order valence-electron chi connectivity index (χ2n) is 15.0. The van der Waals surface area contributed by atoms with E-state index in [9.17, 15) is 22.8 Å². The van der Waals surface area contributed by atoms with Crippen LogP contribution >= 0.6 is 22.9 Å². The number of rotatable bonds is 8. The van der Waals surface area contributed by atoms with Crippen molar-refractivity contribution in [3.05, 3.63) is 46.4 Å². The molecule has 3 aromatic rings. The number of hydrogen-bond donors (Lipinski definition) is 3. The normalized spacial score (nSPS) is 26.4. The first kappa shape index (κ1) is 37.4. The molecule has 1 saturated heterocycles. The number of aromatic nitrogens is 2. The van der Waals surface area contributed by atoms with Crippen LogP contribution in [-0.4, -0.2) is 83.8 Å². The van der Waals surface area contributed by atoms with Gasteiger partial charge in [0.05, 0.1) is 29.6 Å². The number of pyridine rings is 1. The van der Waals surface area contributed by atoms with Crippen LogP contribution in [0, 0.1) is 5.92 Å². The van der Waals surface area contributed by atoms with Gasteiger partial charge in [-0.15, -0.1) is 11.3 Å². The first-order valence-corrected chi connectivity index (χ1v) is 20.9. The predicted octanol–water partition coefficient (Wildman–Crippen LogP) is 5.68. The molecule has 3 N–H and O–H groups in total. The molecule has 4 aliphatic rings. The van der Waals surface area contributed by atoms with Gasteiger partial charge in [0, 0.05) is 35.7 Å². The Morgan fingerprint density at radius 2 is 1.94 bits per heavy atom. The SMILES string of the molecule is COc1ccc2c(O[C@@H]3C[C@H]4C(=O)N[C@]5(C(=O)NS(=O)(=O)C6(C)CC6)CC5/C=C\CCCCCNC(=O)N4C3)cc(-c3nc(C(C)C)cs3)nc2c1Cl. The number of carbonyl (C=O) groups excluding carboxylic acids is 3. The number of nitrogens with one attached hydrogen (secondary N) is 3. The smallest absolute Gasteiger partial charge is 0.318 e. The van der Waals surface area contributed by atoms with Crippen LogP contribution in [0.3, 0.4) is 0 Å². The van der Waals surface area contributed by atoms with Crippen molar-refractivity contribution in [1.29, 1.82) is 0 Å². The molecular weight excluding hydrogens is 740 g/mol. The lowest BCUT2D eigenvalue weighted by Crippen LogP contribution is -2.57. The second-order valence-corrected chi connectivity index (χ2v) is 18.5. The van der Waals surface area contributed by atoms with Gasteiger partial charge in [-0.05, 0) is 63.5 Å². The van der Waals surface area contributed by atoms with Gasteiger partial charge in [0.15, 0.2) is 0 Å². The molecule has 0 radical (unpaired) electrons. The minimum absolute atomic E-state index is 0.0803. The fourth-order valence-corrected chi connectivity index (χ4v) is 9.50. The van der Waals surface area contributed by atoms with E-state index >= 15 is 0 Å². The quantitative estimate of drug-likeness (QED) is 0.244. The highest BCUT2D eigenvalue weighted by Gasteiger charge is 2.63. The number of benzene rings is 1. The van der Waals surface area contributed by atoms with E-state index in [4.69, 9.17) is 31.0 Å². The van der Waals surface area contributed by atoms with Crippen LogP contribution in [-0.2, 0) is 19.6 Å². The third-order valence-electron chi connectivity index (χ3n) is 10.8. The number of nitrogens with zero attached hydrogens (tertiary/aromatic N) is 3. The molecule has 1 unspecified atom stereocenters. The van der Waals surface area contributed by atoms with E-state index in [-0.39, 0.29) is 31.2 Å². The summed E-state index contributed by atoms with van der Waals surface area (Å²) < 4.78 is 39.6. The van der Waals surface area contributed by atoms with Crippen molar-refractivity contribution < 1.29 is 32.3 Å². The Labute approximate surface area is 318 Å². The van der Waals surface area contributed by atoms with Crippen LogP contribution in [0.2, 0.25) is 5.02 Å². The molecule has 4 heterocycles. The summed E-state index contributed by atoms with van der Waals surface area (Å²) in [5.41, 5.74) is 0.488. The molecule has 1 aromatic carbocycles. The van der Waals surface area contributed by atoms with Gasteiger partial charge in [0.1, 0.15) is 44.9 Å². The van der Waals surface area contributed by atoms with Crippen LogP contribution < -0.4 is 24.8 Å². The van der Waals surface area contributed by atoms with Gasteiger partial charge in [-0.3, -0.25) is 14.3 Å². The van der Waals surface area contributed by atoms with Gasteiger partial charge in [0.2, 0.25) is 15.9 Å². The largest absolute Gasteiger partial charge is 0.495 e. The standard InChI is InChI=1S/C37H45ClN6O7S2/c1-21(2)26-20-52-33(41-26)25-17-29(24-11-12-28(50-4)30(38)31(24)40-25)51-23-16-27-32(45)42-37(34(46)43-53(48,49)36(3)13-14-36)18-22(37)10-8-6-5-7-9-15-39-35(47)44(27)19-23/h8,10-12,17,20-23,27H,5-7,9,13-16,18-19H2,1-4H3,(H,39,47)(H,42,45)(H,43,46)/b10-8-/t22?,23-,27+,37-/m1/s1. The summed E-state index contributed by atoms with van der Waals surface area (Å²) in [6.45, 7) is 6.26. The number of fused-ring (bicyclic) bond motifs is 3. The summed E-state index contributed by atoms with van der Waals surface area (Å²) in [6.07, 6.45) is 7.83. The molecule has 3 fully saturated rings. The van der Waals surface area contributed by atoms with Gasteiger partial charge < -0.3 is 25.0 Å². The van der Waals surface area contributed by atoms with Crippen LogP contribution in [0.15, 0.2) is 35.7 Å². The Kier molecular flexibility index (Phi) is 10.1. The van der Waals surface area contributed by atoms with E-state index in [2.05, 4.69) is 29.2 Å². The maximum Gasteiger partial charge on any atom is 0.318 e. The first-order chi connectivity index (χ1) is 25.2. The second kappa shape index (κ2) is 14.4. The van der Waals surface area contributed by atoms with Crippen LogP contribution in [0.25, 0.3) is 21.6 Å². The maximum absolute atomic E-state index is 14.2. The summed E-state index contributed by atoms with van der Waals surface area (Å²) in [6, 6.07) is 3.91. The maximum atomic E-state index is 14.2. The number of methoxy groups -OCH3 is 1. The number of hydrogen-bond acceptors (Lipinski definition) is 10. The Bertz CT molecular complexity index is 2080. The highest BCUT2D eigenvalue weighted by molar-refractivity contribution is 7.91. The fourth-order valence-electron chi connectivity index (χ4n) is 6.97. The van der Waals surface area contributed by atoms with Gasteiger partial charge in [-0.1, -0.05) is 44.0 Å². The Balaban J connectivity index is 1.20. The van der Waals surface area contributed by atoms with Crippen molar-refractivity contribution in [2.24, 2.45) is 5.92 Å². The molecule has 4 atom stereocenters. The summed E-state index contributed by atoms with van der Waals surface area (Å²) in [5.74, 6) is -0.585. The molecule has 7 rings (SSSR count). The van der Waals surface area contributed by atoms with Gasteiger partial charge in [-0.2, -0.15) is 0 Å². The minimum Gasteiger partial charge on any atom is -0.495 e. The molecule has 2 aromatic heterocycles. The Morgan fingerprint density at radius 1 is 1.15 bits per heavy atom. The summed E-state index contributed by atoms with van der Waals surface area (Å²) in [5, 5.41) is 9.47. The topological polar surface area (TPSA) is 169 Å². The van der Waals surface area contributed by atoms with E-state index in [0.29, 0.717) is 57.5 Å². The zero-order valence-corrected chi connectivity index (χ0v) is 32.6. The predicted molar refractivity (Wildman–Crippen MR) is 203 cm³/mol. The van der Waals surface area contributed by atoms with Crippen molar-refractivity contribution in [2.75, 3.05) is 20.2 Å². The highest BCUT2D eigenvalue weighted by Crippen LogP contribution is 2.48. The summed E-state index contributed by atoms with van der Waals surface area (Å²) in [4.78, 5) is 52.7. The summed E-state index contributed by atoms with van der Waals surface area (Å²) >= 11 is 8.25. The molecular formula is C37H45ClN6O7S2. The van der Waals surface area contributed by atoms with Gasteiger partial charge >= 0.3 is 6.03 Å². The molecule has 284 valence electrons. The van der Waals surface area contributed by atoms with Gasteiger partial charge in [0.25, 0.3) is 5.91 Å². The molecule has 13 nitrogen and oxygen atoms in total. The van der Waals surface area contributed by atoms with Crippen molar-refractivity contribution >= 4 is 61.7 Å². The monoisotopic (exact) mass is 784 g/mol. The minimum atomic E-state index is -3.95. The average molecular weight is 785 g/mol. The van der Waals surface area contributed by atoms with Crippen LogP contribution in [0.4, 0.5) is 4.79 Å². The lowest BCUT2D eigenvalue weighted by atomic mass is 10.1. The van der Waals surface area contributed by atoms with Crippen molar-refractivity contribution in [2.45, 2.75) is 100 Å². The number of ether oxygens (including phenoxy) is 2. The number of allylic oxidation sites excluding steroid dienone is 1. The molecule has 16 heteroatoms. The van der Waals surface area contributed by atoms with Crippen molar-refractivity contribution in [3.63, 3.8) is 0 Å². The zero-order chi connectivity index (χ0) is 37.7. The van der Waals surface area contributed by atoms with Crippen molar-refractivity contribution in [1.82, 2.24) is 30.2 Å². The van der Waals surface area contributed by atoms with E-state index < -0.39 is 50.3 Å². The average Bonchev–Trinajstić information content (AvgIpc) is 3.89. The molecule has 0 bridgehead atoms. The zero-order valence-electron chi connectivity index (χ0n) is 30.2. The Morgan fingerprint density at radius 3 is 2.66 bits per heavy atom. The van der Waals surface area contributed by atoms with Gasteiger partial charge in [-0.25, -0.2) is 23.2 Å². The fraction of sp³-hybridized carbons (Fsp3) is 0.541. The van der Waals surface area contributed by atoms with E-state index in [1.165, 1.54) is 23.3 Å². The summed E-state index contributed by atoms with van der Waals surface area (Å²) in [7, 11) is -2.42. The molecule has 2 aliphatic heterocycles. The number of halogens is 1. The lowest BCUT2D eigenvalue weighted by Gasteiger charge is -2.27. The number of sulfonamides is 1.